The van der Waals surface area contributed by atoms with Crippen molar-refractivity contribution in [2.75, 3.05) is 17.7 Å². The van der Waals surface area contributed by atoms with Crippen LogP contribution < -0.4 is 15.4 Å². The van der Waals surface area contributed by atoms with Crippen molar-refractivity contribution in [1.82, 2.24) is 14.8 Å². The Morgan fingerprint density at radius 3 is 2.76 bits per heavy atom. The van der Waals surface area contributed by atoms with E-state index < -0.39 is 6.04 Å². The molecular weight excluding hydrogens is 366 g/mol. The van der Waals surface area contributed by atoms with Gasteiger partial charge in [0.05, 0.1) is 12.7 Å². The maximum atomic E-state index is 13.4. The van der Waals surface area contributed by atoms with Crippen LogP contribution >= 0.6 is 0 Å². The van der Waals surface area contributed by atoms with E-state index in [4.69, 9.17) is 4.74 Å². The van der Waals surface area contributed by atoms with Gasteiger partial charge in [-0.2, -0.15) is 10.1 Å². The fraction of sp³-hybridized carbons (Fsp3) is 0.227. The van der Waals surface area contributed by atoms with Crippen LogP contribution in [0.2, 0.25) is 0 Å². The molecule has 0 bridgehead atoms. The topological polar surface area (TPSA) is 81.1 Å². The summed E-state index contributed by atoms with van der Waals surface area (Å²) in [7, 11) is 1.62. The normalized spacial score (nSPS) is 15.5. The van der Waals surface area contributed by atoms with Gasteiger partial charge in [0.2, 0.25) is 5.95 Å². The number of benzene rings is 2. The third kappa shape index (κ3) is 3.47. The lowest BCUT2D eigenvalue weighted by Gasteiger charge is -2.29. The highest BCUT2D eigenvalue weighted by atomic mass is 16.5. The summed E-state index contributed by atoms with van der Waals surface area (Å²) in [4.78, 5) is 17.7. The molecular formula is C22H23N5O2. The molecule has 2 N–H and O–H groups in total. The van der Waals surface area contributed by atoms with Gasteiger partial charge in [0, 0.05) is 11.4 Å². The molecule has 0 saturated carbocycles. The molecule has 4 rings (SSSR count). The Hall–Kier alpha value is -3.61. The summed E-state index contributed by atoms with van der Waals surface area (Å²) in [6.45, 7) is 5.89. The number of anilines is 2. The molecule has 0 saturated heterocycles. The van der Waals surface area contributed by atoms with Crippen molar-refractivity contribution >= 4 is 17.5 Å². The van der Waals surface area contributed by atoms with Gasteiger partial charge in [0.1, 0.15) is 18.1 Å². The van der Waals surface area contributed by atoms with Crippen LogP contribution in [0.1, 0.15) is 29.7 Å². The van der Waals surface area contributed by atoms with E-state index in [1.54, 1.807) is 11.8 Å². The number of aromatic nitrogens is 3. The SMILES string of the molecule is COc1cccc(C2C(C(=O)Nc3ccc(C)cc3C)=C(C)Nc3ncnn32)c1. The quantitative estimate of drug-likeness (QED) is 0.709. The molecule has 1 aliphatic heterocycles. The molecule has 3 aromatic rings. The van der Waals surface area contributed by atoms with E-state index >= 15 is 0 Å². The Kier molecular flexibility index (Phi) is 4.80. The van der Waals surface area contributed by atoms with Crippen molar-refractivity contribution < 1.29 is 9.53 Å². The van der Waals surface area contributed by atoms with E-state index in [0.717, 1.165) is 33.8 Å². The van der Waals surface area contributed by atoms with E-state index in [0.29, 0.717) is 11.5 Å². The summed E-state index contributed by atoms with van der Waals surface area (Å²) in [5.74, 6) is 1.13. The maximum absolute atomic E-state index is 13.4. The first kappa shape index (κ1) is 18.7. The van der Waals surface area contributed by atoms with Crippen LogP contribution in [-0.4, -0.2) is 27.8 Å². The van der Waals surface area contributed by atoms with E-state index in [1.807, 2.05) is 63.2 Å². The zero-order valence-corrected chi connectivity index (χ0v) is 16.9. The second-order valence-corrected chi connectivity index (χ2v) is 7.14. The van der Waals surface area contributed by atoms with Crippen LogP contribution in [0.15, 0.2) is 60.1 Å². The number of aryl methyl sites for hydroxylation is 2. The average molecular weight is 389 g/mol. The van der Waals surface area contributed by atoms with Crippen LogP contribution in [0.25, 0.3) is 0 Å². The number of carbonyl (C=O) groups excluding carboxylic acids is 1. The minimum Gasteiger partial charge on any atom is -0.497 e. The monoisotopic (exact) mass is 389 g/mol. The first-order chi connectivity index (χ1) is 14.0. The lowest BCUT2D eigenvalue weighted by molar-refractivity contribution is -0.113. The average Bonchev–Trinajstić information content (AvgIpc) is 3.17. The fourth-order valence-corrected chi connectivity index (χ4v) is 3.65. The summed E-state index contributed by atoms with van der Waals surface area (Å²) in [6, 6.07) is 13.2. The molecule has 0 aliphatic carbocycles. The number of hydrogen-bond donors (Lipinski definition) is 2. The second-order valence-electron chi connectivity index (χ2n) is 7.14. The molecule has 0 radical (unpaired) electrons. The number of fused-ring (bicyclic) bond motifs is 1. The number of allylic oxidation sites excluding steroid dienone is 1. The molecule has 148 valence electrons. The highest BCUT2D eigenvalue weighted by Gasteiger charge is 2.33. The number of methoxy groups -OCH3 is 1. The molecule has 7 nitrogen and oxygen atoms in total. The van der Waals surface area contributed by atoms with Gasteiger partial charge < -0.3 is 15.4 Å². The van der Waals surface area contributed by atoms with Crippen molar-refractivity contribution in [1.29, 1.82) is 0 Å². The molecule has 7 heteroatoms. The lowest BCUT2D eigenvalue weighted by atomic mass is 9.94. The highest BCUT2D eigenvalue weighted by molar-refractivity contribution is 6.06. The molecule has 1 aliphatic rings. The van der Waals surface area contributed by atoms with Gasteiger partial charge in [0.15, 0.2) is 0 Å². The number of nitrogens with one attached hydrogen (secondary N) is 2. The zero-order chi connectivity index (χ0) is 20.5. The molecule has 0 spiro atoms. The lowest BCUT2D eigenvalue weighted by Crippen LogP contribution is -2.31. The van der Waals surface area contributed by atoms with Crippen LogP contribution in [0.3, 0.4) is 0 Å². The van der Waals surface area contributed by atoms with Crippen molar-refractivity contribution in [2.24, 2.45) is 0 Å². The number of nitrogens with zero attached hydrogens (tertiary/aromatic N) is 3. The summed E-state index contributed by atoms with van der Waals surface area (Å²) in [6.07, 6.45) is 1.48. The van der Waals surface area contributed by atoms with Gasteiger partial charge >= 0.3 is 0 Å². The second kappa shape index (κ2) is 7.43. The molecule has 2 aromatic carbocycles. The molecule has 29 heavy (non-hydrogen) atoms. The molecule has 0 fully saturated rings. The van der Waals surface area contributed by atoms with Crippen LogP contribution in [0.4, 0.5) is 11.6 Å². The maximum Gasteiger partial charge on any atom is 0.255 e. The van der Waals surface area contributed by atoms with Crippen molar-refractivity contribution in [3.63, 3.8) is 0 Å². The minimum absolute atomic E-state index is 0.184. The largest absolute Gasteiger partial charge is 0.497 e. The Morgan fingerprint density at radius 2 is 2.00 bits per heavy atom. The standard InChI is InChI=1S/C22H23N5O2/c1-13-8-9-18(14(2)10-13)26-21(28)19-15(3)25-22-23-12-24-27(22)20(19)16-6-5-7-17(11-16)29-4/h5-12,20H,1-4H3,(H,26,28)(H,23,24,25). The zero-order valence-electron chi connectivity index (χ0n) is 16.9. The van der Waals surface area contributed by atoms with Crippen molar-refractivity contribution in [2.45, 2.75) is 26.8 Å². The van der Waals surface area contributed by atoms with Gasteiger partial charge in [0.25, 0.3) is 5.91 Å². The van der Waals surface area contributed by atoms with E-state index in [9.17, 15) is 4.79 Å². The first-order valence-electron chi connectivity index (χ1n) is 9.38. The van der Waals surface area contributed by atoms with E-state index in [-0.39, 0.29) is 5.91 Å². The number of hydrogen-bond acceptors (Lipinski definition) is 5. The number of rotatable bonds is 4. The highest BCUT2D eigenvalue weighted by Crippen LogP contribution is 2.36. The Labute approximate surface area is 169 Å². The van der Waals surface area contributed by atoms with Crippen molar-refractivity contribution in [3.8, 4) is 5.75 Å². The molecule has 1 amide bonds. The summed E-state index contributed by atoms with van der Waals surface area (Å²) >= 11 is 0. The summed E-state index contributed by atoms with van der Waals surface area (Å²) < 4.78 is 7.10. The van der Waals surface area contributed by atoms with Gasteiger partial charge in [-0.15, -0.1) is 0 Å². The van der Waals surface area contributed by atoms with Gasteiger partial charge in [-0.05, 0) is 50.1 Å². The van der Waals surface area contributed by atoms with Gasteiger partial charge in [-0.3, -0.25) is 4.79 Å². The molecule has 1 atom stereocenters. The molecule has 2 heterocycles. The Bertz CT molecular complexity index is 1120. The fourth-order valence-electron chi connectivity index (χ4n) is 3.65. The summed E-state index contributed by atoms with van der Waals surface area (Å²) in [5, 5.41) is 10.6. The number of carbonyl (C=O) groups is 1. The van der Waals surface area contributed by atoms with Crippen LogP contribution in [-0.2, 0) is 4.79 Å². The predicted molar refractivity (Wildman–Crippen MR) is 112 cm³/mol. The molecule has 1 aromatic heterocycles. The molecule has 1 unspecified atom stereocenters. The summed E-state index contributed by atoms with van der Waals surface area (Å²) in [5.41, 5.74) is 5.16. The van der Waals surface area contributed by atoms with Gasteiger partial charge in [-0.25, -0.2) is 4.68 Å². The van der Waals surface area contributed by atoms with Crippen LogP contribution in [0, 0.1) is 13.8 Å². The van der Waals surface area contributed by atoms with Crippen molar-refractivity contribution in [3.05, 3.63) is 76.8 Å². The van der Waals surface area contributed by atoms with E-state index in [2.05, 4.69) is 20.7 Å². The Balaban J connectivity index is 1.77. The minimum atomic E-state index is -0.422. The first-order valence-corrected chi connectivity index (χ1v) is 9.38. The van der Waals surface area contributed by atoms with Crippen LogP contribution in [0.5, 0.6) is 5.75 Å². The third-order valence-electron chi connectivity index (χ3n) is 5.08. The predicted octanol–water partition coefficient (Wildman–Crippen LogP) is 3.83. The number of ether oxygens (including phenoxy) is 1. The number of amides is 1. The van der Waals surface area contributed by atoms with E-state index in [1.165, 1.54) is 6.33 Å². The van der Waals surface area contributed by atoms with Gasteiger partial charge in [-0.1, -0.05) is 29.8 Å². The Morgan fingerprint density at radius 1 is 1.17 bits per heavy atom. The smallest absolute Gasteiger partial charge is 0.255 e. The third-order valence-corrected chi connectivity index (χ3v) is 5.08.